The third-order valence-corrected chi connectivity index (χ3v) is 17.2. The molecule has 3 fully saturated rings. The van der Waals surface area contributed by atoms with Crippen molar-refractivity contribution in [3.8, 4) is 5.75 Å². The fourth-order valence-electron chi connectivity index (χ4n) is 8.94. The highest BCUT2D eigenvalue weighted by Crippen LogP contribution is 2.46. The number of esters is 1. The second-order valence-electron chi connectivity index (χ2n) is 17.3. The largest absolute Gasteiger partial charge is 0.497 e. The summed E-state index contributed by atoms with van der Waals surface area (Å²) >= 11 is 0. The molecule has 3 aliphatic heterocycles. The van der Waals surface area contributed by atoms with E-state index < -0.39 is 38.0 Å². The van der Waals surface area contributed by atoms with Crippen molar-refractivity contribution >= 4 is 24.7 Å². The van der Waals surface area contributed by atoms with Crippen LogP contribution in [0.4, 0.5) is 0 Å². The fraction of sp³-hybridized carbons (Fsp3) is 0.479. The Hall–Kier alpha value is -3.87. The molecule has 3 aliphatic rings. The number of fused-ring (bicyclic) bond motifs is 1. The van der Waals surface area contributed by atoms with Gasteiger partial charge in [0.1, 0.15) is 23.1 Å². The van der Waals surface area contributed by atoms with E-state index in [0.29, 0.717) is 39.3 Å². The number of carbonyl (C=O) groups excluding carboxylic acids is 1. The first kappa shape index (κ1) is 42.3. The van der Waals surface area contributed by atoms with Crippen LogP contribution in [0.3, 0.4) is 0 Å². The highest BCUT2D eigenvalue weighted by Gasteiger charge is 2.57. The molecule has 1 unspecified atom stereocenters. The average Bonchev–Trinajstić information content (AvgIpc) is 3.23. The average molecular weight is 809 g/mol. The molecule has 0 amide bonds. The van der Waals surface area contributed by atoms with Crippen LogP contribution in [0.2, 0.25) is 5.04 Å². The van der Waals surface area contributed by atoms with E-state index in [-0.39, 0.29) is 29.6 Å². The second-order valence-corrected chi connectivity index (χ2v) is 21.6. The van der Waals surface area contributed by atoms with Crippen LogP contribution in [-0.2, 0) is 44.2 Å². The molecule has 10 heteroatoms. The number of methoxy groups -OCH3 is 1. The molecule has 9 nitrogen and oxygen atoms in total. The van der Waals surface area contributed by atoms with Crippen LogP contribution >= 0.6 is 0 Å². The van der Waals surface area contributed by atoms with Crippen LogP contribution in [0.25, 0.3) is 0 Å². The summed E-state index contributed by atoms with van der Waals surface area (Å²) in [6.07, 6.45) is 0.401. The summed E-state index contributed by atoms with van der Waals surface area (Å²) in [5.41, 5.74) is 0.250. The molecule has 4 aromatic carbocycles. The number of rotatable bonds is 14. The summed E-state index contributed by atoms with van der Waals surface area (Å²) in [6, 6.07) is 39.0. The van der Waals surface area contributed by atoms with Crippen LogP contribution < -0.4 is 15.1 Å². The monoisotopic (exact) mass is 808 g/mol. The predicted molar refractivity (Wildman–Crippen MR) is 226 cm³/mol. The molecule has 310 valence electrons. The fourth-order valence-corrected chi connectivity index (χ4v) is 13.5. The predicted octanol–water partition coefficient (Wildman–Crippen LogP) is 8.08. The van der Waals surface area contributed by atoms with E-state index in [2.05, 4.69) is 69.3 Å². The molecular weight excluding hydrogens is 749 g/mol. The molecule has 0 N–H and O–H groups in total. The summed E-state index contributed by atoms with van der Waals surface area (Å²) < 4.78 is 51.8. The quantitative estimate of drug-likeness (QED) is 0.0927. The van der Waals surface area contributed by atoms with Gasteiger partial charge in [-0.25, -0.2) is 0 Å². The van der Waals surface area contributed by atoms with E-state index in [4.69, 9.17) is 37.6 Å². The van der Waals surface area contributed by atoms with Gasteiger partial charge in [-0.05, 0) is 59.8 Å². The normalized spacial score (nSPS) is 27.7. The van der Waals surface area contributed by atoms with Gasteiger partial charge in [0.15, 0.2) is 6.29 Å². The van der Waals surface area contributed by atoms with Crippen LogP contribution in [0.15, 0.2) is 115 Å². The number of benzene rings is 4. The van der Waals surface area contributed by atoms with Gasteiger partial charge in [-0.2, -0.15) is 0 Å². The highest BCUT2D eigenvalue weighted by atomic mass is 28.4. The van der Waals surface area contributed by atoms with Crippen LogP contribution in [0.1, 0.15) is 84.1 Å². The summed E-state index contributed by atoms with van der Waals surface area (Å²) in [5.74, 6) is 0.439. The van der Waals surface area contributed by atoms with Gasteiger partial charge in [-0.15, -0.1) is 0 Å². The smallest absolute Gasteiger partial charge is 0.308 e. The zero-order chi connectivity index (χ0) is 40.8. The van der Waals surface area contributed by atoms with Gasteiger partial charge in [0, 0.05) is 31.6 Å². The molecule has 0 aromatic heterocycles. The first-order valence-corrected chi connectivity index (χ1v) is 22.7. The lowest BCUT2D eigenvalue weighted by atomic mass is 9.80. The molecule has 7 atom stereocenters. The Balaban J connectivity index is 1.11. The molecule has 0 radical (unpaired) electrons. The van der Waals surface area contributed by atoms with Crippen LogP contribution in [-0.4, -0.2) is 76.8 Å². The molecule has 3 saturated heterocycles. The van der Waals surface area contributed by atoms with Crippen LogP contribution in [0, 0.1) is 0 Å². The second kappa shape index (κ2) is 18.2. The molecule has 0 aliphatic carbocycles. The Morgan fingerprint density at radius 3 is 2.10 bits per heavy atom. The minimum atomic E-state index is -2.84. The van der Waals surface area contributed by atoms with Crippen molar-refractivity contribution < 1.29 is 42.4 Å². The molecule has 7 rings (SSSR count). The number of ether oxygens (including phenoxy) is 7. The SMILES string of the molecule is COc1ccc(CO[C@H]2CCCO[C@@H]2CC(=O)O[C@@H]2CC3O[C@H](c4ccccc4)OC[C@@]3(C)O[C@@]2(C)CCO[Si](c2ccccc2)(c2ccccc2)C(C)(C)C)cc1. The van der Waals surface area contributed by atoms with Crippen molar-refractivity contribution in [3.05, 3.63) is 126 Å². The van der Waals surface area contributed by atoms with E-state index in [1.165, 1.54) is 10.4 Å². The Kier molecular flexibility index (Phi) is 13.2. The third-order valence-electron chi connectivity index (χ3n) is 12.1. The third kappa shape index (κ3) is 9.29. The van der Waals surface area contributed by atoms with Crippen molar-refractivity contribution in [2.75, 3.05) is 26.9 Å². The standard InChI is InChI=1S/C48H60O9Si/c1-46(2,3)58(38-19-12-8-13-20-38,39-21-14-9-15-22-39)54-30-28-47(4)42(32-43-48(5,57-47)34-53-45(56-43)36-17-10-7-11-18-36)55-44(49)31-41-40(23-16-29-51-41)52-33-35-24-26-37(50-6)27-25-35/h7-15,17-22,24-27,40-43,45H,16,23,28-34H2,1-6H3/t40-,41+,42+,43?,45+,47-,48+/m0/s1. The zero-order valence-corrected chi connectivity index (χ0v) is 35.9. The van der Waals surface area contributed by atoms with Gasteiger partial charge in [0.2, 0.25) is 0 Å². The number of hydrogen-bond donors (Lipinski definition) is 0. The van der Waals surface area contributed by atoms with Crippen molar-refractivity contribution in [2.45, 2.75) is 120 Å². The molecule has 3 heterocycles. The summed E-state index contributed by atoms with van der Waals surface area (Å²) in [4.78, 5) is 14.1. The molecule has 0 spiro atoms. The van der Waals surface area contributed by atoms with E-state index in [0.717, 1.165) is 29.7 Å². The zero-order valence-electron chi connectivity index (χ0n) is 34.9. The topological polar surface area (TPSA) is 90.9 Å². The summed E-state index contributed by atoms with van der Waals surface area (Å²) in [5, 5.41) is 2.21. The van der Waals surface area contributed by atoms with Gasteiger partial charge < -0.3 is 37.6 Å². The van der Waals surface area contributed by atoms with Gasteiger partial charge in [-0.1, -0.05) is 124 Å². The van der Waals surface area contributed by atoms with Gasteiger partial charge in [0.05, 0.1) is 45.1 Å². The first-order chi connectivity index (χ1) is 27.9. The molecule has 0 bridgehead atoms. The molecule has 58 heavy (non-hydrogen) atoms. The maximum Gasteiger partial charge on any atom is 0.308 e. The Morgan fingerprint density at radius 2 is 1.48 bits per heavy atom. The minimum absolute atomic E-state index is 0.0664. The maximum absolute atomic E-state index is 14.1. The van der Waals surface area contributed by atoms with Crippen molar-refractivity contribution in [1.29, 1.82) is 0 Å². The van der Waals surface area contributed by atoms with E-state index >= 15 is 0 Å². The molecular formula is C48H60O9Si. The maximum atomic E-state index is 14.1. The summed E-state index contributed by atoms with van der Waals surface area (Å²) in [6.45, 7) is 12.6. The van der Waals surface area contributed by atoms with E-state index in [9.17, 15) is 4.79 Å². The molecule has 0 saturated carbocycles. The minimum Gasteiger partial charge on any atom is -0.497 e. The molecule has 4 aromatic rings. The Bertz CT molecular complexity index is 1870. The van der Waals surface area contributed by atoms with E-state index in [1.807, 2.05) is 80.6 Å². The van der Waals surface area contributed by atoms with E-state index in [1.54, 1.807) is 7.11 Å². The Labute approximate surface area is 345 Å². The van der Waals surface area contributed by atoms with Crippen molar-refractivity contribution in [3.63, 3.8) is 0 Å². The Morgan fingerprint density at radius 1 is 0.845 bits per heavy atom. The van der Waals surface area contributed by atoms with Crippen LogP contribution in [0.5, 0.6) is 5.75 Å². The van der Waals surface area contributed by atoms with Crippen molar-refractivity contribution in [1.82, 2.24) is 0 Å². The van der Waals surface area contributed by atoms with Crippen molar-refractivity contribution in [2.24, 2.45) is 0 Å². The lowest BCUT2D eigenvalue weighted by Gasteiger charge is -2.55. The number of carbonyl (C=O) groups is 1. The highest BCUT2D eigenvalue weighted by molar-refractivity contribution is 6.99. The van der Waals surface area contributed by atoms with Gasteiger partial charge in [0.25, 0.3) is 8.32 Å². The summed E-state index contributed by atoms with van der Waals surface area (Å²) in [7, 11) is -1.19. The number of hydrogen-bond acceptors (Lipinski definition) is 9. The van der Waals surface area contributed by atoms with Gasteiger partial charge >= 0.3 is 5.97 Å². The van der Waals surface area contributed by atoms with Gasteiger partial charge in [-0.3, -0.25) is 4.79 Å². The lowest BCUT2D eigenvalue weighted by Crippen LogP contribution is -2.68. The first-order valence-electron chi connectivity index (χ1n) is 20.8. The lowest BCUT2D eigenvalue weighted by molar-refractivity contribution is -0.358.